The number of carbonyl (C=O) groups excluding carboxylic acids is 4. The highest BCUT2D eigenvalue weighted by Crippen LogP contribution is 2.40. The van der Waals surface area contributed by atoms with Crippen LogP contribution in [0.5, 0.6) is 0 Å². The first-order valence-electron chi connectivity index (χ1n) is 28.9. The summed E-state index contributed by atoms with van der Waals surface area (Å²) in [5.41, 5.74) is 18.3. The normalized spacial score (nSPS) is 17.4. The third kappa shape index (κ3) is 12.1. The lowest BCUT2D eigenvalue weighted by atomic mass is 9.91. The number of hydrogen-bond acceptors (Lipinski definition) is 9. The molecule has 5 atom stereocenters. The fourth-order valence-corrected chi connectivity index (χ4v) is 12.6. The monoisotopic (exact) mass is 1140 g/mol. The highest BCUT2D eigenvalue weighted by molar-refractivity contribution is 6.01. The number of benzene rings is 5. The SMILES string of the molecule is CCc1cccc([C@H](CC(N)=O)NC(=O)c2cn[nH]c2-c2ccc(-c3ccc([C@@H](CC(N)=O)NC(=O)c4cn[nH]c4-c4cccc(-[n+]5ccc(N6CCC7CCC6C7)cc5N[C@@H]5CCCN(c6cccc(F)c6)C5)c4F)cc3CC)cc2F)c1. The Morgan fingerprint density at radius 1 is 0.690 bits per heavy atom. The fraction of sp³-hybridized carbons (Fsp3) is 0.308. The number of aromatic nitrogens is 5. The van der Waals surface area contributed by atoms with Gasteiger partial charge in [-0.15, -0.1) is 0 Å². The molecule has 2 saturated heterocycles. The van der Waals surface area contributed by atoms with Gasteiger partial charge in [0.05, 0.1) is 78.6 Å². The summed E-state index contributed by atoms with van der Waals surface area (Å²) in [4.78, 5) is 57.7. The minimum Gasteiger partial charge on any atom is -0.370 e. The van der Waals surface area contributed by atoms with Crippen LogP contribution >= 0.6 is 0 Å². The van der Waals surface area contributed by atoms with E-state index in [2.05, 4.69) is 52.2 Å². The van der Waals surface area contributed by atoms with E-state index in [1.54, 1.807) is 59.2 Å². The van der Waals surface area contributed by atoms with E-state index in [0.717, 1.165) is 80.0 Å². The molecule has 0 spiro atoms. The fourth-order valence-electron chi connectivity index (χ4n) is 12.6. The lowest BCUT2D eigenvalue weighted by molar-refractivity contribution is -0.582. The topological polar surface area (TPSA) is 224 Å². The average Bonchev–Trinajstić information content (AvgIpc) is 3.51. The first-order valence-corrected chi connectivity index (χ1v) is 28.9. The van der Waals surface area contributed by atoms with Crippen LogP contribution in [0.2, 0.25) is 0 Å². The molecule has 3 aliphatic rings. The van der Waals surface area contributed by atoms with E-state index in [9.17, 15) is 23.6 Å². The van der Waals surface area contributed by atoms with Gasteiger partial charge in [0.25, 0.3) is 17.6 Å². The molecule has 1 saturated carbocycles. The number of aromatic amines is 2. The van der Waals surface area contributed by atoms with Crippen molar-refractivity contribution in [1.82, 2.24) is 31.0 Å². The highest BCUT2D eigenvalue weighted by Gasteiger charge is 2.36. The molecule has 3 fully saturated rings. The maximum absolute atomic E-state index is 17.5. The molecule has 11 rings (SSSR count). The van der Waals surface area contributed by atoms with Crippen molar-refractivity contribution in [3.63, 3.8) is 0 Å². The summed E-state index contributed by atoms with van der Waals surface area (Å²) in [6.45, 7) is 6.27. The molecule has 3 aromatic heterocycles. The summed E-state index contributed by atoms with van der Waals surface area (Å²) in [6.07, 6.45) is 11.7. The number of rotatable bonds is 20. The first-order chi connectivity index (χ1) is 40.7. The lowest BCUT2D eigenvalue weighted by Gasteiger charge is -2.35. The second kappa shape index (κ2) is 24.7. The number of nitrogens with one attached hydrogen (secondary N) is 5. The van der Waals surface area contributed by atoms with Gasteiger partial charge in [-0.1, -0.05) is 74.5 Å². The van der Waals surface area contributed by atoms with Crippen molar-refractivity contribution in [2.24, 2.45) is 17.4 Å². The average molecular weight is 1140 g/mol. The summed E-state index contributed by atoms with van der Waals surface area (Å²) in [5.74, 6) is -2.58. The van der Waals surface area contributed by atoms with Gasteiger partial charge in [-0.25, -0.2) is 13.2 Å². The molecule has 8 aromatic rings. The Balaban J connectivity index is 0.835. The van der Waals surface area contributed by atoms with Crippen molar-refractivity contribution in [2.75, 3.05) is 34.8 Å². The van der Waals surface area contributed by atoms with Crippen molar-refractivity contribution < 1.29 is 36.9 Å². The number of pyridine rings is 1. The molecule has 16 nitrogen and oxygen atoms in total. The largest absolute Gasteiger partial charge is 0.370 e. The zero-order valence-corrected chi connectivity index (χ0v) is 46.9. The number of hydrogen-bond donors (Lipinski definition) is 7. The molecule has 2 bridgehead atoms. The van der Waals surface area contributed by atoms with Gasteiger partial charge in [0.2, 0.25) is 11.8 Å². The van der Waals surface area contributed by atoms with Crippen LogP contribution in [-0.4, -0.2) is 75.7 Å². The van der Waals surface area contributed by atoms with Crippen LogP contribution in [0.25, 0.3) is 39.3 Å². The Morgan fingerprint density at radius 3 is 2.10 bits per heavy atom. The van der Waals surface area contributed by atoms with Crippen LogP contribution in [0.3, 0.4) is 0 Å². The Kier molecular flexibility index (Phi) is 16.6. The van der Waals surface area contributed by atoms with Gasteiger partial charge in [0, 0.05) is 47.7 Å². The maximum atomic E-state index is 17.5. The minimum absolute atomic E-state index is 0.0341. The summed E-state index contributed by atoms with van der Waals surface area (Å²) in [6, 6.07) is 32.0. The van der Waals surface area contributed by atoms with Crippen LogP contribution in [-0.2, 0) is 22.4 Å². The molecule has 0 radical (unpaired) electrons. The summed E-state index contributed by atoms with van der Waals surface area (Å²) < 4.78 is 50.1. The number of carbonyl (C=O) groups is 4. The van der Waals surface area contributed by atoms with E-state index in [-0.39, 0.29) is 64.0 Å². The van der Waals surface area contributed by atoms with E-state index < -0.39 is 47.3 Å². The third-order valence-corrected chi connectivity index (χ3v) is 16.9. The van der Waals surface area contributed by atoms with E-state index in [1.165, 1.54) is 30.9 Å². The van der Waals surface area contributed by atoms with E-state index in [1.807, 2.05) is 62.5 Å². The molecule has 432 valence electrons. The molecule has 1 aliphatic carbocycles. The highest BCUT2D eigenvalue weighted by atomic mass is 19.1. The Labute approximate surface area is 485 Å². The van der Waals surface area contributed by atoms with Gasteiger partial charge >= 0.3 is 0 Å². The molecule has 2 unspecified atom stereocenters. The second-order valence-corrected chi connectivity index (χ2v) is 22.3. The van der Waals surface area contributed by atoms with Crippen LogP contribution in [0.4, 0.5) is 30.4 Å². The molecule has 2 aliphatic heterocycles. The van der Waals surface area contributed by atoms with Crippen molar-refractivity contribution in [3.05, 3.63) is 185 Å². The number of primary amides is 2. The van der Waals surface area contributed by atoms with Gasteiger partial charge in [-0.05, 0) is 133 Å². The van der Waals surface area contributed by atoms with Crippen LogP contribution in [0, 0.1) is 23.4 Å². The first kappa shape index (κ1) is 56.6. The van der Waals surface area contributed by atoms with Gasteiger partial charge in [0.1, 0.15) is 17.7 Å². The molecule has 5 aromatic carbocycles. The number of aryl methyl sites for hydroxylation is 2. The molecular weight excluding hydrogens is 1070 g/mol. The van der Waals surface area contributed by atoms with Gasteiger partial charge < -0.3 is 31.9 Å². The number of anilines is 3. The zero-order valence-electron chi connectivity index (χ0n) is 46.9. The van der Waals surface area contributed by atoms with Gasteiger partial charge in [0.15, 0.2) is 11.5 Å². The van der Waals surface area contributed by atoms with Crippen molar-refractivity contribution in [3.8, 4) is 39.3 Å². The molecule has 4 amide bonds. The minimum atomic E-state index is -0.926. The number of amides is 4. The van der Waals surface area contributed by atoms with E-state index in [0.29, 0.717) is 47.1 Å². The molecule has 9 N–H and O–H groups in total. The van der Waals surface area contributed by atoms with E-state index in [4.69, 9.17) is 11.5 Å². The van der Waals surface area contributed by atoms with Crippen molar-refractivity contribution in [2.45, 2.75) is 102 Å². The Hall–Kier alpha value is -9.26. The second-order valence-electron chi connectivity index (χ2n) is 22.3. The smallest absolute Gasteiger partial charge is 0.282 e. The number of halogens is 3. The number of H-pyrrole nitrogens is 2. The van der Waals surface area contributed by atoms with Gasteiger partial charge in [-0.2, -0.15) is 14.8 Å². The molecule has 19 heteroatoms. The number of nitrogens with two attached hydrogens (primary N) is 2. The number of nitrogens with zero attached hydrogens (tertiary/aromatic N) is 5. The number of piperidine rings is 2. The van der Waals surface area contributed by atoms with Crippen molar-refractivity contribution in [1.29, 1.82) is 0 Å². The third-order valence-electron chi connectivity index (χ3n) is 16.9. The predicted octanol–water partition coefficient (Wildman–Crippen LogP) is 10.1. The quantitative estimate of drug-likeness (QED) is 0.0360. The standard InChI is InChI=1S/C65H67F3N12O4/c1-3-38-9-5-10-42(27-38)55(33-58(69)81)74-64(83)52-35-71-76-62(52)50-21-17-41(30-54(50)67)49-20-18-43(29-40(49)4-2)56(34-59(70)82)75-65(84)53-36-72-77-63(53)51-14-7-15-57(61(51)68)80-26-23-48(79-25-22-39-16-19-47(79)28-39)32-60(80)73-45-12-8-24-78(37-45)46-13-6-11-44(66)31-46/h5-7,9-11,13-15,17-18,20-21,23,26-27,29-32,35-36,39,45,47,55-56H,3-4,8,12,16,19,22,24-25,28,33-34,37H2,1-2H3,(H8,69,70,71,72,74,75,76,77,81,82,83,84)/p+1/t39?,45-,47?,55+,56-/m1/s1. The van der Waals surface area contributed by atoms with Crippen LogP contribution in [0.1, 0.15) is 120 Å². The molecular formula is C65H68F3N12O4+. The molecule has 84 heavy (non-hydrogen) atoms. The lowest BCUT2D eigenvalue weighted by Crippen LogP contribution is -2.46. The maximum Gasteiger partial charge on any atom is 0.282 e. The van der Waals surface area contributed by atoms with E-state index >= 15 is 8.78 Å². The number of fused-ring (bicyclic) bond motifs is 2. The van der Waals surface area contributed by atoms with Crippen LogP contribution in [0.15, 0.2) is 134 Å². The summed E-state index contributed by atoms with van der Waals surface area (Å²) in [7, 11) is 0. The van der Waals surface area contributed by atoms with Gasteiger partial charge in [-0.3, -0.25) is 34.7 Å². The summed E-state index contributed by atoms with van der Waals surface area (Å²) >= 11 is 0. The van der Waals surface area contributed by atoms with Crippen LogP contribution < -0.4 is 41.8 Å². The molecule has 5 heterocycles. The predicted molar refractivity (Wildman–Crippen MR) is 317 cm³/mol. The Morgan fingerprint density at radius 2 is 1.39 bits per heavy atom. The Bertz CT molecular complexity index is 3770. The van der Waals surface area contributed by atoms with Crippen molar-refractivity contribution >= 4 is 40.8 Å². The zero-order chi connectivity index (χ0) is 58.6. The summed E-state index contributed by atoms with van der Waals surface area (Å²) in [5, 5.41) is 23.5.